The molecule has 0 atom stereocenters. The summed E-state index contributed by atoms with van der Waals surface area (Å²) in [6.45, 7) is 4.32. The van der Waals surface area contributed by atoms with Crippen molar-refractivity contribution >= 4 is 16.6 Å². The van der Waals surface area contributed by atoms with Gasteiger partial charge in [0.05, 0.1) is 18.0 Å². The van der Waals surface area contributed by atoms with E-state index >= 15 is 0 Å². The van der Waals surface area contributed by atoms with E-state index in [-0.39, 0.29) is 5.56 Å². The zero-order valence-electron chi connectivity index (χ0n) is 11.7. The molecular weight excluding hydrogens is 292 g/mol. The Labute approximate surface area is 124 Å². The number of pyridine rings is 1. The van der Waals surface area contributed by atoms with Crippen molar-refractivity contribution in [3.63, 3.8) is 0 Å². The zero-order valence-corrected chi connectivity index (χ0v) is 12.6. The van der Waals surface area contributed by atoms with Gasteiger partial charge in [0.25, 0.3) is 5.56 Å². The monoisotopic (exact) mass is 308 g/mol. The number of hydrogen-bond acceptors (Lipinski definition) is 4. The number of anilines is 1. The lowest BCUT2D eigenvalue weighted by molar-refractivity contribution is 0.340. The maximum Gasteiger partial charge on any atom is 0.255 e. The van der Waals surface area contributed by atoms with E-state index in [4.69, 9.17) is 4.74 Å². The summed E-state index contributed by atoms with van der Waals surface area (Å²) in [7, 11) is -2.77. The molecule has 0 amide bonds. The van der Waals surface area contributed by atoms with Crippen LogP contribution in [0.5, 0.6) is 5.75 Å². The number of rotatable bonds is 5. The molecule has 0 bridgehead atoms. The van der Waals surface area contributed by atoms with Crippen LogP contribution in [-0.4, -0.2) is 19.6 Å². The third-order valence-electron chi connectivity index (χ3n) is 2.87. The van der Waals surface area contributed by atoms with E-state index in [1.807, 2.05) is 19.9 Å². The van der Waals surface area contributed by atoms with Crippen LogP contribution in [0.1, 0.15) is 12.5 Å². The van der Waals surface area contributed by atoms with Crippen LogP contribution >= 0.6 is 0 Å². The molecule has 0 unspecified atom stereocenters. The van der Waals surface area contributed by atoms with Crippen molar-refractivity contribution in [2.24, 2.45) is 0 Å². The maximum atomic E-state index is 12.0. The fourth-order valence-corrected chi connectivity index (χ4v) is 2.34. The molecule has 0 radical (unpaired) electrons. The first-order valence-corrected chi connectivity index (χ1v) is 7.56. The maximum absolute atomic E-state index is 12.0. The summed E-state index contributed by atoms with van der Waals surface area (Å²) in [5.41, 5.74) is 1.62. The van der Waals surface area contributed by atoms with E-state index in [1.165, 1.54) is 22.9 Å². The Morgan fingerprint density at radius 3 is 2.62 bits per heavy atom. The van der Waals surface area contributed by atoms with Crippen LogP contribution in [0.3, 0.4) is 0 Å². The van der Waals surface area contributed by atoms with Gasteiger partial charge in [0.1, 0.15) is 5.75 Å². The second kappa shape index (κ2) is 6.45. The molecule has 1 aromatic carbocycles. The van der Waals surface area contributed by atoms with Crippen molar-refractivity contribution < 1.29 is 13.2 Å². The molecule has 1 aromatic heterocycles. The minimum absolute atomic E-state index is 0.242. The predicted molar refractivity (Wildman–Crippen MR) is 81.9 cm³/mol. The summed E-state index contributed by atoms with van der Waals surface area (Å²) in [6, 6.07) is 8.11. The van der Waals surface area contributed by atoms with Gasteiger partial charge in [0, 0.05) is 12.3 Å². The fourth-order valence-electron chi connectivity index (χ4n) is 2.00. The number of aromatic nitrogens is 1. The van der Waals surface area contributed by atoms with Gasteiger partial charge in [-0.15, -0.1) is 0 Å². The summed E-state index contributed by atoms with van der Waals surface area (Å²) < 4.78 is 30.5. The van der Waals surface area contributed by atoms with Gasteiger partial charge in [0.15, 0.2) is 0 Å². The van der Waals surface area contributed by atoms with E-state index in [9.17, 15) is 13.2 Å². The van der Waals surface area contributed by atoms with E-state index in [1.54, 1.807) is 12.1 Å². The Kier molecular flexibility index (Phi) is 4.64. The minimum Gasteiger partial charge on any atom is -0.494 e. The summed E-state index contributed by atoms with van der Waals surface area (Å²) in [6.07, 6.45) is 1.45. The van der Waals surface area contributed by atoms with Gasteiger partial charge in [-0.05, 0) is 43.7 Å². The van der Waals surface area contributed by atoms with Gasteiger partial charge in [-0.1, -0.05) is 0 Å². The van der Waals surface area contributed by atoms with E-state index in [0.717, 1.165) is 11.3 Å². The van der Waals surface area contributed by atoms with Crippen molar-refractivity contribution in [1.29, 1.82) is 0 Å². The normalized spacial score (nSPS) is 10.6. The smallest absolute Gasteiger partial charge is 0.255 e. The van der Waals surface area contributed by atoms with Crippen molar-refractivity contribution in [2.45, 2.75) is 13.8 Å². The molecule has 2 aromatic rings. The third kappa shape index (κ3) is 3.63. The van der Waals surface area contributed by atoms with Gasteiger partial charge in [0.2, 0.25) is 10.9 Å². The molecule has 1 N–H and O–H groups in total. The Hall–Kier alpha value is -2.28. The first-order valence-electron chi connectivity index (χ1n) is 6.39. The molecule has 1 heterocycles. The molecule has 0 saturated carbocycles. The molecule has 112 valence electrons. The first kappa shape index (κ1) is 15.1. The van der Waals surface area contributed by atoms with Crippen molar-refractivity contribution in [3.8, 4) is 11.4 Å². The SMILES string of the molecule is CCOc1ccc(-n2cc(N[SH](=O)=O)ccc2=O)c(C)c1. The topological polar surface area (TPSA) is 77.4 Å². The standard InChI is InChI=1S/C14H16N2O4S/c1-3-20-12-5-6-13(10(2)8-12)16-9-11(15-21(18)19)4-7-14(16)17/h4-9,21H,3H2,1-2H3,(H,15,18,19). The number of hydrogen-bond donors (Lipinski definition) is 2. The quantitative estimate of drug-likeness (QED) is 0.820. The fraction of sp³-hybridized carbons (Fsp3) is 0.214. The predicted octanol–water partition coefficient (Wildman–Crippen LogP) is 1.48. The lowest BCUT2D eigenvalue weighted by Crippen LogP contribution is -2.18. The third-order valence-corrected chi connectivity index (χ3v) is 3.31. The summed E-state index contributed by atoms with van der Waals surface area (Å²) >= 11 is 0. The Morgan fingerprint density at radius 2 is 2.00 bits per heavy atom. The zero-order chi connectivity index (χ0) is 15.4. The first-order chi connectivity index (χ1) is 10.0. The number of ether oxygens (including phenoxy) is 1. The summed E-state index contributed by atoms with van der Waals surface area (Å²) in [5.74, 6) is 0.726. The molecule has 0 spiro atoms. The van der Waals surface area contributed by atoms with Crippen LogP contribution in [0.15, 0.2) is 41.3 Å². The number of nitrogens with zero attached hydrogens (tertiary/aromatic N) is 1. The van der Waals surface area contributed by atoms with Crippen LogP contribution in [0.25, 0.3) is 5.69 Å². The van der Waals surface area contributed by atoms with Crippen LogP contribution in [-0.2, 0) is 10.9 Å². The number of thiol groups is 1. The highest BCUT2D eigenvalue weighted by atomic mass is 32.2. The largest absolute Gasteiger partial charge is 0.494 e. The summed E-state index contributed by atoms with van der Waals surface area (Å²) in [5, 5.41) is 0. The Balaban J connectivity index is 2.48. The van der Waals surface area contributed by atoms with Crippen LogP contribution < -0.4 is 15.0 Å². The van der Waals surface area contributed by atoms with Gasteiger partial charge >= 0.3 is 0 Å². The van der Waals surface area contributed by atoms with Gasteiger partial charge < -0.3 is 4.74 Å². The van der Waals surface area contributed by atoms with E-state index in [2.05, 4.69) is 4.72 Å². The molecule has 0 aliphatic heterocycles. The number of aryl methyl sites for hydroxylation is 1. The Morgan fingerprint density at radius 1 is 1.24 bits per heavy atom. The molecule has 6 nitrogen and oxygen atoms in total. The molecule has 0 aliphatic rings. The van der Waals surface area contributed by atoms with Crippen LogP contribution in [0.4, 0.5) is 5.69 Å². The highest BCUT2D eigenvalue weighted by molar-refractivity contribution is 7.73. The van der Waals surface area contributed by atoms with Crippen molar-refractivity contribution in [2.75, 3.05) is 11.3 Å². The molecule has 0 saturated heterocycles. The molecule has 0 aliphatic carbocycles. The van der Waals surface area contributed by atoms with Crippen LogP contribution in [0.2, 0.25) is 0 Å². The second-order valence-electron chi connectivity index (χ2n) is 4.38. The molecule has 7 heteroatoms. The van der Waals surface area contributed by atoms with Crippen molar-refractivity contribution in [1.82, 2.24) is 4.57 Å². The van der Waals surface area contributed by atoms with Crippen molar-refractivity contribution in [3.05, 3.63) is 52.4 Å². The number of nitrogens with one attached hydrogen (secondary N) is 1. The highest BCUT2D eigenvalue weighted by Crippen LogP contribution is 2.20. The lowest BCUT2D eigenvalue weighted by Gasteiger charge is -2.12. The molecule has 21 heavy (non-hydrogen) atoms. The molecule has 0 fully saturated rings. The summed E-state index contributed by atoms with van der Waals surface area (Å²) in [4.78, 5) is 12.0. The highest BCUT2D eigenvalue weighted by Gasteiger charge is 2.06. The van der Waals surface area contributed by atoms with E-state index in [0.29, 0.717) is 18.0 Å². The van der Waals surface area contributed by atoms with Crippen LogP contribution in [0, 0.1) is 6.92 Å². The Bertz CT molecular complexity index is 773. The average molecular weight is 308 g/mol. The molecular formula is C14H16N2O4S. The lowest BCUT2D eigenvalue weighted by atomic mass is 10.2. The second-order valence-corrected chi connectivity index (χ2v) is 5.11. The van der Waals surface area contributed by atoms with E-state index < -0.39 is 10.9 Å². The van der Waals surface area contributed by atoms with Gasteiger partial charge in [-0.3, -0.25) is 14.1 Å². The average Bonchev–Trinajstić information content (AvgIpc) is 2.41. The number of benzene rings is 1. The minimum atomic E-state index is -2.77. The van der Waals surface area contributed by atoms with Gasteiger partial charge in [-0.25, -0.2) is 8.42 Å². The van der Waals surface area contributed by atoms with Gasteiger partial charge in [-0.2, -0.15) is 0 Å². The molecule has 2 rings (SSSR count).